The second-order valence-corrected chi connectivity index (χ2v) is 7.62. The van der Waals surface area contributed by atoms with Crippen LogP contribution in [-0.2, 0) is 4.79 Å². The molecule has 1 aromatic rings. The molecule has 6 nitrogen and oxygen atoms in total. The fourth-order valence-electron chi connectivity index (χ4n) is 4.01. The predicted octanol–water partition coefficient (Wildman–Crippen LogP) is 3.31. The summed E-state index contributed by atoms with van der Waals surface area (Å²) in [5.41, 5.74) is 0. The van der Waals surface area contributed by atoms with Crippen LogP contribution in [0, 0.1) is 5.92 Å². The van der Waals surface area contributed by atoms with Gasteiger partial charge in [0.25, 0.3) is 0 Å². The Morgan fingerprint density at radius 3 is 2.85 bits per heavy atom. The maximum atomic E-state index is 12.4. The van der Waals surface area contributed by atoms with Gasteiger partial charge in [-0.2, -0.15) is 0 Å². The molecule has 0 bridgehead atoms. The lowest BCUT2D eigenvalue weighted by Gasteiger charge is -2.34. The average Bonchev–Trinajstić information content (AvgIpc) is 2.71. The Kier molecular flexibility index (Phi) is 7.09. The number of piperidine rings is 2. The monoisotopic (exact) mass is 359 g/mol. The molecule has 144 valence electrons. The Hall–Kier alpha value is -1.85. The first-order chi connectivity index (χ1) is 12.8. The van der Waals surface area contributed by atoms with Crippen molar-refractivity contribution in [3.8, 4) is 0 Å². The van der Waals surface area contributed by atoms with Gasteiger partial charge in [0, 0.05) is 45.2 Å². The van der Waals surface area contributed by atoms with Crippen molar-refractivity contribution in [3.05, 3.63) is 12.4 Å². The molecule has 0 unspecified atom stereocenters. The normalized spacial score (nSPS) is 20.9. The zero-order chi connectivity index (χ0) is 18.2. The first kappa shape index (κ1) is 18.9. The van der Waals surface area contributed by atoms with E-state index in [9.17, 15) is 4.79 Å². The predicted molar refractivity (Wildman–Crippen MR) is 105 cm³/mol. The summed E-state index contributed by atoms with van der Waals surface area (Å²) in [6.07, 6.45) is 10.4. The molecule has 2 aliphatic heterocycles. The number of nitrogens with zero attached hydrogens (tertiary/aromatic N) is 4. The number of anilines is 2. The van der Waals surface area contributed by atoms with Crippen molar-refractivity contribution in [2.45, 2.75) is 58.3 Å². The molecule has 0 aromatic carbocycles. The van der Waals surface area contributed by atoms with Crippen molar-refractivity contribution in [2.75, 3.05) is 42.9 Å². The van der Waals surface area contributed by atoms with Crippen LogP contribution in [0.4, 0.5) is 11.6 Å². The minimum atomic E-state index is 0.356. The number of hydrogen-bond acceptors (Lipinski definition) is 5. The highest BCUT2D eigenvalue weighted by Crippen LogP contribution is 2.26. The van der Waals surface area contributed by atoms with Gasteiger partial charge < -0.3 is 15.1 Å². The molecule has 0 radical (unpaired) electrons. The van der Waals surface area contributed by atoms with Crippen molar-refractivity contribution in [2.24, 2.45) is 5.92 Å². The van der Waals surface area contributed by atoms with Gasteiger partial charge in [0.05, 0.1) is 0 Å². The summed E-state index contributed by atoms with van der Waals surface area (Å²) in [5.74, 6) is 2.85. The maximum Gasteiger partial charge on any atom is 0.222 e. The molecule has 1 atom stereocenters. The van der Waals surface area contributed by atoms with Gasteiger partial charge >= 0.3 is 0 Å². The van der Waals surface area contributed by atoms with E-state index in [-0.39, 0.29) is 0 Å². The van der Waals surface area contributed by atoms with E-state index < -0.39 is 0 Å². The zero-order valence-electron chi connectivity index (χ0n) is 16.1. The van der Waals surface area contributed by atoms with Crippen LogP contribution in [0.1, 0.15) is 58.3 Å². The van der Waals surface area contributed by atoms with Crippen LogP contribution in [0.25, 0.3) is 0 Å². The summed E-state index contributed by atoms with van der Waals surface area (Å²) < 4.78 is 0. The minimum Gasteiger partial charge on any atom is -0.370 e. The summed E-state index contributed by atoms with van der Waals surface area (Å²) in [6, 6.07) is 2.05. The van der Waals surface area contributed by atoms with E-state index in [1.807, 2.05) is 0 Å². The molecule has 2 fully saturated rings. The van der Waals surface area contributed by atoms with E-state index in [0.29, 0.717) is 18.2 Å². The molecule has 3 heterocycles. The lowest BCUT2D eigenvalue weighted by Crippen LogP contribution is -2.38. The van der Waals surface area contributed by atoms with Gasteiger partial charge in [0.2, 0.25) is 5.91 Å². The van der Waals surface area contributed by atoms with Crippen LogP contribution < -0.4 is 10.2 Å². The topological polar surface area (TPSA) is 61.4 Å². The van der Waals surface area contributed by atoms with E-state index in [1.54, 1.807) is 6.33 Å². The van der Waals surface area contributed by atoms with Crippen LogP contribution in [0.3, 0.4) is 0 Å². The molecule has 0 spiro atoms. The summed E-state index contributed by atoms with van der Waals surface area (Å²) >= 11 is 0. The SMILES string of the molecule is CCCNc1cc(N2CCC[C@H](CCC(=O)N3CCCCC3)C2)ncn1. The van der Waals surface area contributed by atoms with Crippen LogP contribution in [-0.4, -0.2) is 53.5 Å². The van der Waals surface area contributed by atoms with Gasteiger partial charge in [-0.1, -0.05) is 6.92 Å². The Balaban J connectivity index is 1.50. The van der Waals surface area contributed by atoms with Crippen molar-refractivity contribution >= 4 is 17.5 Å². The highest BCUT2D eigenvalue weighted by Gasteiger charge is 2.23. The second kappa shape index (κ2) is 9.74. The summed E-state index contributed by atoms with van der Waals surface area (Å²) in [6.45, 7) is 7.04. The Labute approximate surface area is 157 Å². The molecule has 0 saturated carbocycles. The third-order valence-electron chi connectivity index (χ3n) is 5.53. The van der Waals surface area contributed by atoms with Crippen LogP contribution in [0.2, 0.25) is 0 Å². The van der Waals surface area contributed by atoms with Gasteiger partial charge in [-0.25, -0.2) is 9.97 Å². The first-order valence-corrected chi connectivity index (χ1v) is 10.3. The number of aromatic nitrogens is 2. The quantitative estimate of drug-likeness (QED) is 0.809. The standard InChI is InChI=1S/C20H33N5O/c1-2-10-21-18-14-19(23-16-22-18)25-13-6-7-17(15-25)8-9-20(26)24-11-4-3-5-12-24/h14,16-17H,2-13,15H2,1H3,(H,21,22,23)/t17-/m1/s1. The Morgan fingerprint density at radius 1 is 1.19 bits per heavy atom. The number of carbonyl (C=O) groups excluding carboxylic acids is 1. The van der Waals surface area contributed by atoms with Gasteiger partial charge in [-0.05, 0) is 50.9 Å². The molecule has 3 rings (SSSR count). The average molecular weight is 360 g/mol. The van der Waals surface area contributed by atoms with E-state index in [1.165, 1.54) is 32.1 Å². The number of rotatable bonds is 7. The lowest BCUT2D eigenvalue weighted by molar-refractivity contribution is -0.132. The van der Waals surface area contributed by atoms with Crippen LogP contribution in [0.15, 0.2) is 12.4 Å². The lowest BCUT2D eigenvalue weighted by atomic mass is 9.93. The van der Waals surface area contributed by atoms with Crippen LogP contribution >= 0.6 is 0 Å². The minimum absolute atomic E-state index is 0.356. The molecule has 1 aromatic heterocycles. The van der Waals surface area contributed by atoms with Gasteiger partial charge in [-0.15, -0.1) is 0 Å². The van der Waals surface area contributed by atoms with Gasteiger partial charge in [0.15, 0.2) is 0 Å². The first-order valence-electron chi connectivity index (χ1n) is 10.3. The Bertz CT molecular complexity index is 573. The number of carbonyl (C=O) groups is 1. The fraction of sp³-hybridized carbons (Fsp3) is 0.750. The molecular formula is C20H33N5O. The molecule has 2 aliphatic rings. The van der Waals surface area contributed by atoms with E-state index in [4.69, 9.17) is 0 Å². The van der Waals surface area contributed by atoms with Crippen molar-refractivity contribution in [1.29, 1.82) is 0 Å². The van der Waals surface area contributed by atoms with Gasteiger partial charge in [0.1, 0.15) is 18.0 Å². The van der Waals surface area contributed by atoms with Crippen molar-refractivity contribution in [1.82, 2.24) is 14.9 Å². The van der Waals surface area contributed by atoms with Gasteiger partial charge in [-0.3, -0.25) is 4.79 Å². The molecule has 0 aliphatic carbocycles. The van der Waals surface area contributed by atoms with E-state index >= 15 is 0 Å². The Morgan fingerprint density at radius 2 is 2.04 bits per heavy atom. The fourth-order valence-corrected chi connectivity index (χ4v) is 4.01. The molecule has 6 heteroatoms. The van der Waals surface area contributed by atoms with Crippen molar-refractivity contribution < 1.29 is 4.79 Å². The molecular weight excluding hydrogens is 326 g/mol. The van der Waals surface area contributed by atoms with E-state index in [2.05, 4.69) is 38.1 Å². The molecule has 26 heavy (non-hydrogen) atoms. The third kappa shape index (κ3) is 5.32. The maximum absolute atomic E-state index is 12.4. The summed E-state index contributed by atoms with van der Waals surface area (Å²) in [7, 11) is 0. The number of amides is 1. The summed E-state index contributed by atoms with van der Waals surface area (Å²) in [5, 5.41) is 3.33. The highest BCUT2D eigenvalue weighted by atomic mass is 16.2. The number of nitrogens with one attached hydrogen (secondary N) is 1. The second-order valence-electron chi connectivity index (χ2n) is 7.62. The largest absolute Gasteiger partial charge is 0.370 e. The van der Waals surface area contributed by atoms with E-state index in [0.717, 1.165) is 57.2 Å². The molecule has 1 amide bonds. The smallest absolute Gasteiger partial charge is 0.222 e. The molecule has 1 N–H and O–H groups in total. The molecule has 2 saturated heterocycles. The highest BCUT2D eigenvalue weighted by molar-refractivity contribution is 5.76. The third-order valence-corrected chi connectivity index (χ3v) is 5.53. The number of hydrogen-bond donors (Lipinski definition) is 1. The van der Waals surface area contributed by atoms with Crippen LogP contribution in [0.5, 0.6) is 0 Å². The zero-order valence-corrected chi connectivity index (χ0v) is 16.1. The van der Waals surface area contributed by atoms with Crippen molar-refractivity contribution in [3.63, 3.8) is 0 Å². The number of likely N-dealkylation sites (tertiary alicyclic amines) is 1. The summed E-state index contributed by atoms with van der Waals surface area (Å²) in [4.78, 5) is 25.6.